The van der Waals surface area contributed by atoms with Crippen LogP contribution in [0.15, 0.2) is 17.6 Å². The van der Waals surface area contributed by atoms with Crippen molar-refractivity contribution in [2.24, 2.45) is 7.05 Å². The largest absolute Gasteiger partial charge is 0.339 e. The van der Waals surface area contributed by atoms with Gasteiger partial charge in [0, 0.05) is 32.4 Å². The van der Waals surface area contributed by atoms with Crippen molar-refractivity contribution >= 4 is 10.0 Å². The Bertz CT molecular complexity index is 547. The maximum Gasteiger partial charge on any atom is 0.262 e. The number of imidazole rings is 1. The van der Waals surface area contributed by atoms with Gasteiger partial charge in [0.2, 0.25) is 0 Å². The van der Waals surface area contributed by atoms with Gasteiger partial charge in [-0.05, 0) is 38.6 Å². The molecule has 21 heavy (non-hydrogen) atoms. The Morgan fingerprint density at radius 1 is 1.38 bits per heavy atom. The van der Waals surface area contributed by atoms with Crippen LogP contribution in [0.2, 0.25) is 0 Å². The second-order valence-electron chi connectivity index (χ2n) is 5.86. The van der Waals surface area contributed by atoms with Gasteiger partial charge in [-0.25, -0.2) is 13.4 Å². The first-order chi connectivity index (χ1) is 9.95. The zero-order valence-corrected chi connectivity index (χ0v) is 13.9. The normalized spacial score (nSPS) is 23.6. The molecule has 0 aromatic carbocycles. The molecule has 0 unspecified atom stereocenters. The quantitative estimate of drug-likeness (QED) is 0.861. The summed E-state index contributed by atoms with van der Waals surface area (Å²) in [6.45, 7) is 3.20. The summed E-state index contributed by atoms with van der Waals surface area (Å²) in [7, 11) is -0.0217. The van der Waals surface area contributed by atoms with Crippen molar-refractivity contribution < 1.29 is 8.42 Å². The summed E-state index contributed by atoms with van der Waals surface area (Å²) in [5, 5.41) is 3.66. The van der Waals surface area contributed by atoms with E-state index in [1.807, 2.05) is 0 Å². The van der Waals surface area contributed by atoms with Gasteiger partial charge in [0.25, 0.3) is 10.0 Å². The molecule has 1 heterocycles. The van der Waals surface area contributed by atoms with Crippen LogP contribution >= 0.6 is 0 Å². The van der Waals surface area contributed by atoms with Crippen molar-refractivity contribution in [3.8, 4) is 0 Å². The molecule has 1 saturated carbocycles. The first kappa shape index (κ1) is 16.5. The van der Waals surface area contributed by atoms with E-state index < -0.39 is 10.0 Å². The number of nitrogens with zero attached hydrogens (tertiary/aromatic N) is 3. The minimum Gasteiger partial charge on any atom is -0.339 e. The predicted molar refractivity (Wildman–Crippen MR) is 82.5 cm³/mol. The molecule has 1 aromatic rings. The van der Waals surface area contributed by atoms with E-state index in [0.717, 1.165) is 38.6 Å². The molecule has 7 heteroatoms. The maximum atomic E-state index is 12.5. The van der Waals surface area contributed by atoms with Gasteiger partial charge in [0.15, 0.2) is 5.03 Å². The lowest BCUT2D eigenvalue weighted by molar-refractivity contribution is 0.249. The van der Waals surface area contributed by atoms with Gasteiger partial charge >= 0.3 is 0 Å². The Labute approximate surface area is 127 Å². The molecule has 0 atom stereocenters. The molecule has 1 aliphatic rings. The van der Waals surface area contributed by atoms with Crippen LogP contribution in [0.1, 0.15) is 39.0 Å². The third kappa shape index (κ3) is 3.84. The molecule has 0 spiro atoms. The van der Waals surface area contributed by atoms with Crippen LogP contribution in [0.4, 0.5) is 0 Å². The predicted octanol–water partition coefficient (Wildman–Crippen LogP) is 1.35. The molecule has 0 saturated heterocycles. The smallest absolute Gasteiger partial charge is 0.262 e. The number of sulfonamides is 1. The van der Waals surface area contributed by atoms with Gasteiger partial charge < -0.3 is 9.88 Å². The first-order valence-electron chi connectivity index (χ1n) is 7.64. The van der Waals surface area contributed by atoms with E-state index >= 15 is 0 Å². The summed E-state index contributed by atoms with van der Waals surface area (Å²) in [5.74, 6) is 0. The zero-order valence-electron chi connectivity index (χ0n) is 13.1. The van der Waals surface area contributed by atoms with Crippen LogP contribution in [0, 0.1) is 0 Å². The molecule has 1 fully saturated rings. The number of aryl methyl sites for hydroxylation is 1. The van der Waals surface area contributed by atoms with E-state index in [2.05, 4.69) is 17.2 Å². The van der Waals surface area contributed by atoms with Crippen molar-refractivity contribution in [2.45, 2.75) is 56.1 Å². The third-order valence-corrected chi connectivity index (χ3v) is 6.01. The van der Waals surface area contributed by atoms with E-state index in [4.69, 9.17) is 0 Å². The molecule has 1 aliphatic carbocycles. The summed E-state index contributed by atoms with van der Waals surface area (Å²) in [4.78, 5) is 3.98. The minimum atomic E-state index is -3.47. The first-order valence-corrected chi connectivity index (χ1v) is 9.08. The van der Waals surface area contributed by atoms with E-state index in [-0.39, 0.29) is 11.1 Å². The summed E-state index contributed by atoms with van der Waals surface area (Å²) < 4.78 is 28.2. The van der Waals surface area contributed by atoms with Crippen LogP contribution in [-0.4, -0.2) is 48.0 Å². The van der Waals surface area contributed by atoms with E-state index in [0.29, 0.717) is 6.04 Å². The SMILES string of the molecule is CCCNC1CCC(N(C)S(=O)(=O)c2cn(C)cn2)CC1. The van der Waals surface area contributed by atoms with Gasteiger partial charge in [0.05, 0.1) is 6.33 Å². The highest BCUT2D eigenvalue weighted by atomic mass is 32.2. The Morgan fingerprint density at radius 3 is 2.57 bits per heavy atom. The van der Waals surface area contributed by atoms with E-state index in [1.54, 1.807) is 24.9 Å². The average molecular weight is 314 g/mol. The standard InChI is InChI=1S/C14H26N4O2S/c1-4-9-15-12-5-7-13(8-6-12)18(3)21(19,20)14-10-17(2)11-16-14/h10-13,15H,4-9H2,1-3H3. The fraction of sp³-hybridized carbons (Fsp3) is 0.786. The highest BCUT2D eigenvalue weighted by Crippen LogP contribution is 2.26. The Hall–Kier alpha value is -0.920. The average Bonchev–Trinajstić information content (AvgIpc) is 2.92. The molecule has 0 amide bonds. The number of aromatic nitrogens is 2. The second kappa shape index (κ2) is 6.89. The van der Waals surface area contributed by atoms with Crippen molar-refractivity contribution in [1.29, 1.82) is 0 Å². The van der Waals surface area contributed by atoms with E-state index in [1.165, 1.54) is 10.6 Å². The van der Waals surface area contributed by atoms with Gasteiger partial charge in [-0.1, -0.05) is 6.92 Å². The molecule has 0 bridgehead atoms. The fourth-order valence-electron chi connectivity index (χ4n) is 2.86. The van der Waals surface area contributed by atoms with Crippen LogP contribution in [0.5, 0.6) is 0 Å². The Balaban J connectivity index is 1.97. The monoisotopic (exact) mass is 314 g/mol. The number of hydrogen-bond donors (Lipinski definition) is 1. The molecule has 120 valence electrons. The number of nitrogens with one attached hydrogen (secondary N) is 1. The number of rotatable bonds is 6. The summed E-state index contributed by atoms with van der Waals surface area (Å²) >= 11 is 0. The van der Waals surface area contributed by atoms with Crippen LogP contribution < -0.4 is 5.32 Å². The summed E-state index contributed by atoms with van der Waals surface area (Å²) in [6.07, 6.45) is 8.09. The van der Waals surface area contributed by atoms with Crippen molar-refractivity contribution in [3.05, 3.63) is 12.5 Å². The number of hydrogen-bond acceptors (Lipinski definition) is 4. The van der Waals surface area contributed by atoms with Gasteiger partial charge in [-0.3, -0.25) is 0 Å². The van der Waals surface area contributed by atoms with Crippen molar-refractivity contribution in [1.82, 2.24) is 19.2 Å². The highest BCUT2D eigenvalue weighted by molar-refractivity contribution is 7.89. The van der Waals surface area contributed by atoms with Crippen LogP contribution in [0.25, 0.3) is 0 Å². The Kier molecular flexibility index (Phi) is 5.40. The minimum absolute atomic E-state index is 0.0803. The lowest BCUT2D eigenvalue weighted by Crippen LogP contribution is -2.43. The van der Waals surface area contributed by atoms with Crippen LogP contribution in [-0.2, 0) is 17.1 Å². The molecule has 1 aromatic heterocycles. The molecule has 6 nitrogen and oxygen atoms in total. The summed E-state index contributed by atoms with van der Waals surface area (Å²) in [6, 6.07) is 0.615. The maximum absolute atomic E-state index is 12.5. The fourth-order valence-corrected chi connectivity index (χ4v) is 4.24. The molecule has 0 aliphatic heterocycles. The molecular weight excluding hydrogens is 288 g/mol. The molecular formula is C14H26N4O2S. The lowest BCUT2D eigenvalue weighted by atomic mass is 9.91. The Morgan fingerprint density at radius 2 is 2.05 bits per heavy atom. The van der Waals surface area contributed by atoms with Gasteiger partial charge in [-0.2, -0.15) is 4.31 Å². The third-order valence-electron chi connectivity index (χ3n) is 4.22. The zero-order chi connectivity index (χ0) is 15.5. The van der Waals surface area contributed by atoms with Crippen molar-refractivity contribution in [3.63, 3.8) is 0 Å². The van der Waals surface area contributed by atoms with Crippen LogP contribution in [0.3, 0.4) is 0 Å². The van der Waals surface area contributed by atoms with E-state index in [9.17, 15) is 8.42 Å². The van der Waals surface area contributed by atoms with Gasteiger partial charge in [0.1, 0.15) is 0 Å². The van der Waals surface area contributed by atoms with Gasteiger partial charge in [-0.15, -0.1) is 0 Å². The van der Waals surface area contributed by atoms with Crippen molar-refractivity contribution in [2.75, 3.05) is 13.6 Å². The molecule has 2 rings (SSSR count). The second-order valence-corrected chi connectivity index (χ2v) is 7.80. The molecule has 1 N–H and O–H groups in total. The molecule has 0 radical (unpaired) electrons. The lowest BCUT2D eigenvalue weighted by Gasteiger charge is -2.34. The highest BCUT2D eigenvalue weighted by Gasteiger charge is 2.32. The summed E-state index contributed by atoms with van der Waals surface area (Å²) in [5.41, 5.74) is 0. The topological polar surface area (TPSA) is 67.2 Å².